The Kier molecular flexibility index (Phi) is 2.26. The fraction of sp³-hybridized carbons (Fsp3) is 0.111. The molecule has 0 radical (unpaired) electrons. The highest BCUT2D eigenvalue weighted by atomic mass is 17.2. The number of rotatable bonds is 1. The van der Waals surface area contributed by atoms with E-state index < -0.39 is 5.91 Å². The highest BCUT2D eigenvalue weighted by molar-refractivity contribution is 6.12. The Morgan fingerprint density at radius 2 is 2.33 bits per heavy atom. The summed E-state index contributed by atoms with van der Waals surface area (Å²) < 4.78 is 0. The van der Waals surface area contributed by atoms with Gasteiger partial charge in [0.15, 0.2) is 5.75 Å². The first-order valence-electron chi connectivity index (χ1n) is 4.17. The van der Waals surface area contributed by atoms with Gasteiger partial charge in [-0.3, -0.25) is 4.79 Å². The Labute approximate surface area is 84.8 Å². The first-order chi connectivity index (χ1) is 7.24. The molecular formula is C9H8N2O4. The molecule has 0 spiro atoms. The highest BCUT2D eigenvalue weighted by Gasteiger charge is 2.24. The molecule has 1 amide bonds. The molecule has 0 aliphatic carbocycles. The number of amides is 1. The lowest BCUT2D eigenvalue weighted by atomic mass is 10.0. The van der Waals surface area contributed by atoms with Crippen molar-refractivity contribution in [2.75, 3.05) is 6.61 Å². The number of nitrogens with zero attached hydrogens (tertiary/aromatic N) is 1. The summed E-state index contributed by atoms with van der Waals surface area (Å²) in [5.41, 5.74) is 6.01. The molecule has 0 fully saturated rings. The second-order valence-corrected chi connectivity index (χ2v) is 2.94. The molecule has 15 heavy (non-hydrogen) atoms. The molecule has 1 aromatic carbocycles. The number of benzene rings is 1. The molecule has 0 saturated carbocycles. The molecule has 0 atom stereocenters. The number of oxime groups is 1. The van der Waals surface area contributed by atoms with Crippen LogP contribution in [0.3, 0.4) is 0 Å². The van der Waals surface area contributed by atoms with Gasteiger partial charge in [0.1, 0.15) is 12.3 Å². The van der Waals surface area contributed by atoms with Gasteiger partial charge in [0, 0.05) is 0 Å². The summed E-state index contributed by atoms with van der Waals surface area (Å²) in [5.74, 6) is -0.302. The largest absolute Gasteiger partial charge is 0.411 e. The smallest absolute Gasteiger partial charge is 0.249 e. The lowest BCUT2D eigenvalue weighted by Crippen LogP contribution is -2.25. The van der Waals surface area contributed by atoms with E-state index in [9.17, 15) is 4.79 Å². The van der Waals surface area contributed by atoms with Gasteiger partial charge in [-0.25, -0.2) is 0 Å². The molecular weight excluding hydrogens is 200 g/mol. The number of primary amides is 1. The van der Waals surface area contributed by atoms with Crippen LogP contribution in [-0.2, 0) is 4.89 Å². The van der Waals surface area contributed by atoms with Crippen molar-refractivity contribution < 1.29 is 19.8 Å². The minimum Gasteiger partial charge on any atom is -0.411 e. The summed E-state index contributed by atoms with van der Waals surface area (Å²) in [4.78, 5) is 20.7. The molecule has 0 aromatic heterocycles. The van der Waals surface area contributed by atoms with E-state index in [0.29, 0.717) is 11.3 Å². The maximum Gasteiger partial charge on any atom is 0.249 e. The topological polar surface area (TPSA) is 94.1 Å². The summed E-state index contributed by atoms with van der Waals surface area (Å²) in [6.45, 7) is -0.0339. The van der Waals surface area contributed by atoms with Gasteiger partial charge in [-0.1, -0.05) is 11.2 Å². The van der Waals surface area contributed by atoms with E-state index >= 15 is 0 Å². The zero-order valence-corrected chi connectivity index (χ0v) is 7.64. The van der Waals surface area contributed by atoms with Crippen LogP contribution in [0, 0.1) is 0 Å². The SMILES string of the molecule is NC(=O)c1cccc2c1C(=NO)COO2. The molecule has 0 saturated heterocycles. The predicted octanol–water partition coefficient (Wildman–Crippen LogP) is 0.288. The van der Waals surface area contributed by atoms with E-state index in [1.54, 1.807) is 12.1 Å². The van der Waals surface area contributed by atoms with Gasteiger partial charge in [0.2, 0.25) is 5.91 Å². The molecule has 0 unspecified atom stereocenters. The number of carbonyl (C=O) groups is 1. The van der Waals surface area contributed by atoms with E-state index in [4.69, 9.17) is 20.7 Å². The van der Waals surface area contributed by atoms with Crippen LogP contribution >= 0.6 is 0 Å². The van der Waals surface area contributed by atoms with Crippen molar-refractivity contribution in [3.8, 4) is 5.75 Å². The van der Waals surface area contributed by atoms with Crippen LogP contribution in [0.25, 0.3) is 0 Å². The minimum absolute atomic E-state index is 0.0339. The summed E-state index contributed by atoms with van der Waals surface area (Å²) in [6.07, 6.45) is 0. The number of hydrogen-bond acceptors (Lipinski definition) is 5. The van der Waals surface area contributed by atoms with Crippen LogP contribution in [0.5, 0.6) is 5.75 Å². The van der Waals surface area contributed by atoms with Crippen molar-refractivity contribution in [1.29, 1.82) is 0 Å². The van der Waals surface area contributed by atoms with E-state index in [1.807, 2.05) is 0 Å². The minimum atomic E-state index is -0.612. The monoisotopic (exact) mass is 208 g/mol. The number of carbonyl (C=O) groups excluding carboxylic acids is 1. The maximum absolute atomic E-state index is 11.1. The van der Waals surface area contributed by atoms with E-state index in [0.717, 1.165) is 0 Å². The third kappa shape index (κ3) is 1.50. The van der Waals surface area contributed by atoms with Crippen LogP contribution in [-0.4, -0.2) is 23.4 Å². The first-order valence-corrected chi connectivity index (χ1v) is 4.17. The molecule has 1 heterocycles. The molecule has 6 heteroatoms. The zero-order valence-electron chi connectivity index (χ0n) is 7.64. The quantitative estimate of drug-likeness (QED) is 0.394. The average Bonchev–Trinajstić information content (AvgIpc) is 2.27. The van der Waals surface area contributed by atoms with Crippen LogP contribution in [0.15, 0.2) is 23.4 Å². The second-order valence-electron chi connectivity index (χ2n) is 2.94. The number of hydrogen-bond donors (Lipinski definition) is 2. The number of fused-ring (bicyclic) bond motifs is 1. The van der Waals surface area contributed by atoms with Crippen molar-refractivity contribution in [3.05, 3.63) is 29.3 Å². The Morgan fingerprint density at radius 3 is 3.00 bits per heavy atom. The predicted molar refractivity (Wildman–Crippen MR) is 49.9 cm³/mol. The summed E-state index contributed by atoms with van der Waals surface area (Å²) in [7, 11) is 0. The second kappa shape index (κ2) is 3.58. The number of nitrogens with two attached hydrogens (primary N) is 1. The third-order valence-corrected chi connectivity index (χ3v) is 2.05. The molecule has 1 aromatic rings. The Hall–Kier alpha value is -2.08. The summed E-state index contributed by atoms with van der Waals surface area (Å²) in [6, 6.07) is 4.72. The maximum atomic E-state index is 11.1. The van der Waals surface area contributed by atoms with Crippen molar-refractivity contribution in [2.24, 2.45) is 10.9 Å². The van der Waals surface area contributed by atoms with Gasteiger partial charge in [0.25, 0.3) is 0 Å². The van der Waals surface area contributed by atoms with Gasteiger partial charge in [0.05, 0.1) is 11.1 Å². The third-order valence-electron chi connectivity index (χ3n) is 2.05. The average molecular weight is 208 g/mol. The lowest BCUT2D eigenvalue weighted by molar-refractivity contribution is -0.196. The van der Waals surface area contributed by atoms with E-state index in [1.165, 1.54) is 6.07 Å². The van der Waals surface area contributed by atoms with Crippen LogP contribution in [0.4, 0.5) is 0 Å². The highest BCUT2D eigenvalue weighted by Crippen LogP contribution is 2.26. The lowest BCUT2D eigenvalue weighted by Gasteiger charge is -2.18. The van der Waals surface area contributed by atoms with Crippen molar-refractivity contribution in [3.63, 3.8) is 0 Å². The molecule has 1 aliphatic heterocycles. The van der Waals surface area contributed by atoms with Gasteiger partial charge in [-0.15, -0.1) is 0 Å². The fourth-order valence-electron chi connectivity index (χ4n) is 1.40. The van der Waals surface area contributed by atoms with Crippen LogP contribution < -0.4 is 10.6 Å². The fourth-order valence-corrected chi connectivity index (χ4v) is 1.40. The van der Waals surface area contributed by atoms with Gasteiger partial charge in [-0.05, 0) is 12.1 Å². The Balaban J connectivity index is 2.65. The van der Waals surface area contributed by atoms with Crippen molar-refractivity contribution in [2.45, 2.75) is 0 Å². The summed E-state index contributed by atoms with van der Waals surface area (Å²) in [5, 5.41) is 11.8. The molecule has 0 bridgehead atoms. The molecule has 78 valence electrons. The molecule has 3 N–H and O–H groups in total. The van der Waals surface area contributed by atoms with E-state index in [2.05, 4.69) is 5.16 Å². The van der Waals surface area contributed by atoms with Crippen molar-refractivity contribution >= 4 is 11.6 Å². The van der Waals surface area contributed by atoms with Gasteiger partial charge in [-0.2, -0.15) is 4.89 Å². The molecule has 1 aliphatic rings. The molecule has 6 nitrogen and oxygen atoms in total. The van der Waals surface area contributed by atoms with Crippen LogP contribution in [0.2, 0.25) is 0 Å². The Bertz CT molecular complexity index is 442. The van der Waals surface area contributed by atoms with Crippen molar-refractivity contribution in [1.82, 2.24) is 0 Å². The van der Waals surface area contributed by atoms with Crippen LogP contribution in [0.1, 0.15) is 15.9 Å². The van der Waals surface area contributed by atoms with Gasteiger partial charge >= 0.3 is 0 Å². The van der Waals surface area contributed by atoms with Gasteiger partial charge < -0.3 is 15.8 Å². The Morgan fingerprint density at radius 1 is 1.53 bits per heavy atom. The normalized spacial score (nSPS) is 16.9. The van der Waals surface area contributed by atoms with E-state index in [-0.39, 0.29) is 17.9 Å². The zero-order chi connectivity index (χ0) is 10.8. The molecule has 2 rings (SSSR count). The first kappa shape index (κ1) is 9.47. The standard InChI is InChI=1S/C9H8N2O4/c10-9(12)5-2-1-3-7-8(5)6(11-13)4-14-15-7/h1-3,13H,4H2,(H2,10,12). The summed E-state index contributed by atoms with van der Waals surface area (Å²) >= 11 is 0.